The first-order chi connectivity index (χ1) is 11.8. The molecular weight excluding hydrogens is 304 g/mol. The summed E-state index contributed by atoms with van der Waals surface area (Å²) in [6, 6.07) is 15.3. The lowest BCUT2D eigenvalue weighted by Gasteiger charge is -2.08. The maximum Gasteiger partial charge on any atom is 0.224 e. The van der Waals surface area contributed by atoms with Crippen LogP contribution in [0.25, 0.3) is 10.9 Å². The first-order valence-electron chi connectivity index (χ1n) is 7.85. The summed E-state index contributed by atoms with van der Waals surface area (Å²) in [5.41, 5.74) is 2.04. The summed E-state index contributed by atoms with van der Waals surface area (Å²) in [6.45, 7) is 0.888. The minimum atomic E-state index is -0.0157. The Balaban J connectivity index is 1.44. The normalized spacial score (nSPS) is 10.5. The van der Waals surface area contributed by atoms with Crippen molar-refractivity contribution < 1.29 is 14.3 Å². The maximum atomic E-state index is 12.1. The molecule has 0 saturated heterocycles. The van der Waals surface area contributed by atoms with Crippen LogP contribution in [0.5, 0.6) is 11.5 Å². The van der Waals surface area contributed by atoms with Crippen LogP contribution in [0.3, 0.4) is 0 Å². The van der Waals surface area contributed by atoms with Gasteiger partial charge in [0.1, 0.15) is 18.1 Å². The van der Waals surface area contributed by atoms with Crippen LogP contribution in [0.1, 0.15) is 5.56 Å². The van der Waals surface area contributed by atoms with Crippen molar-refractivity contribution in [2.24, 2.45) is 0 Å². The molecule has 0 spiro atoms. The molecule has 1 aromatic heterocycles. The number of methoxy groups -OCH3 is 1. The van der Waals surface area contributed by atoms with Gasteiger partial charge in [-0.15, -0.1) is 0 Å². The molecule has 0 bridgehead atoms. The Hall–Kier alpha value is -2.95. The van der Waals surface area contributed by atoms with Crippen LogP contribution >= 0.6 is 0 Å². The molecule has 0 unspecified atom stereocenters. The van der Waals surface area contributed by atoms with E-state index >= 15 is 0 Å². The van der Waals surface area contributed by atoms with E-state index in [1.54, 1.807) is 7.11 Å². The third-order valence-electron chi connectivity index (χ3n) is 3.78. The van der Waals surface area contributed by atoms with E-state index in [-0.39, 0.29) is 5.91 Å². The van der Waals surface area contributed by atoms with Gasteiger partial charge in [0, 0.05) is 17.1 Å². The van der Waals surface area contributed by atoms with E-state index in [1.165, 1.54) is 0 Å². The fourth-order valence-electron chi connectivity index (χ4n) is 2.54. The molecule has 5 heteroatoms. The summed E-state index contributed by atoms with van der Waals surface area (Å²) in [4.78, 5) is 15.2. The van der Waals surface area contributed by atoms with Gasteiger partial charge in [0.05, 0.1) is 20.1 Å². The number of amides is 1. The van der Waals surface area contributed by atoms with Gasteiger partial charge in [-0.2, -0.15) is 0 Å². The summed E-state index contributed by atoms with van der Waals surface area (Å²) in [5.74, 6) is 1.52. The predicted octanol–water partition coefficient (Wildman–Crippen LogP) is 2.91. The summed E-state index contributed by atoms with van der Waals surface area (Å²) in [7, 11) is 1.62. The third-order valence-corrected chi connectivity index (χ3v) is 3.78. The van der Waals surface area contributed by atoms with Crippen LogP contribution in [0, 0.1) is 0 Å². The smallest absolute Gasteiger partial charge is 0.224 e. The van der Waals surface area contributed by atoms with Crippen molar-refractivity contribution in [3.05, 3.63) is 60.3 Å². The average molecular weight is 324 g/mol. The number of benzene rings is 2. The summed E-state index contributed by atoms with van der Waals surface area (Å²) >= 11 is 0. The molecule has 24 heavy (non-hydrogen) atoms. The van der Waals surface area contributed by atoms with Crippen molar-refractivity contribution in [3.63, 3.8) is 0 Å². The molecule has 0 aliphatic heterocycles. The van der Waals surface area contributed by atoms with Gasteiger partial charge in [0.2, 0.25) is 5.91 Å². The zero-order chi connectivity index (χ0) is 16.8. The molecule has 1 heterocycles. The first-order valence-corrected chi connectivity index (χ1v) is 7.85. The van der Waals surface area contributed by atoms with Gasteiger partial charge in [0.15, 0.2) is 0 Å². The van der Waals surface area contributed by atoms with E-state index in [4.69, 9.17) is 9.47 Å². The molecule has 3 rings (SSSR count). The van der Waals surface area contributed by atoms with E-state index in [2.05, 4.69) is 10.3 Å². The van der Waals surface area contributed by atoms with Gasteiger partial charge < -0.3 is 19.8 Å². The number of carbonyl (C=O) groups excluding carboxylic acids is 1. The molecule has 5 nitrogen and oxygen atoms in total. The van der Waals surface area contributed by atoms with Crippen molar-refractivity contribution >= 4 is 16.8 Å². The van der Waals surface area contributed by atoms with Crippen LogP contribution in [0.2, 0.25) is 0 Å². The van der Waals surface area contributed by atoms with Crippen molar-refractivity contribution in [1.82, 2.24) is 10.3 Å². The predicted molar refractivity (Wildman–Crippen MR) is 93.5 cm³/mol. The number of fused-ring (bicyclic) bond motifs is 1. The number of para-hydroxylation sites is 1. The van der Waals surface area contributed by atoms with Gasteiger partial charge in [-0.1, -0.05) is 18.2 Å². The molecule has 3 aromatic rings. The molecule has 0 saturated carbocycles. The number of aromatic nitrogens is 1. The van der Waals surface area contributed by atoms with E-state index in [0.29, 0.717) is 19.6 Å². The second-order valence-corrected chi connectivity index (χ2v) is 5.41. The Bertz CT molecular complexity index is 809. The largest absolute Gasteiger partial charge is 0.497 e. The Morgan fingerprint density at radius 2 is 1.83 bits per heavy atom. The molecule has 124 valence electrons. The average Bonchev–Trinajstić information content (AvgIpc) is 3.02. The Morgan fingerprint density at radius 1 is 1.08 bits per heavy atom. The van der Waals surface area contributed by atoms with Gasteiger partial charge in [-0.05, 0) is 35.9 Å². The lowest BCUT2D eigenvalue weighted by atomic mass is 10.1. The minimum Gasteiger partial charge on any atom is -0.497 e. The molecule has 2 N–H and O–H groups in total. The Morgan fingerprint density at radius 3 is 2.62 bits per heavy atom. The van der Waals surface area contributed by atoms with Crippen LogP contribution in [0.4, 0.5) is 0 Å². The minimum absolute atomic E-state index is 0.0157. The number of aromatic amines is 1. The molecule has 0 aliphatic rings. The van der Waals surface area contributed by atoms with Crippen LogP contribution < -0.4 is 14.8 Å². The molecular formula is C19H20N2O3. The van der Waals surface area contributed by atoms with Crippen molar-refractivity contribution in [1.29, 1.82) is 0 Å². The molecule has 0 fully saturated rings. The van der Waals surface area contributed by atoms with Gasteiger partial charge in [-0.25, -0.2) is 0 Å². The first kappa shape index (κ1) is 15.9. The monoisotopic (exact) mass is 324 g/mol. The van der Waals surface area contributed by atoms with E-state index in [1.807, 2.05) is 54.7 Å². The second kappa shape index (κ2) is 7.55. The lowest BCUT2D eigenvalue weighted by Crippen LogP contribution is -2.29. The zero-order valence-electron chi connectivity index (χ0n) is 13.5. The van der Waals surface area contributed by atoms with Crippen LogP contribution in [-0.2, 0) is 11.2 Å². The standard InChI is InChI=1S/C19H20N2O3/c1-23-15-6-8-16(9-7-15)24-11-10-20-19(22)12-14-13-21-18-5-3-2-4-17(14)18/h2-9,13,21H,10-12H2,1H3,(H,20,22). The number of hydrogen-bond acceptors (Lipinski definition) is 3. The zero-order valence-corrected chi connectivity index (χ0v) is 13.5. The SMILES string of the molecule is COc1ccc(OCCNC(=O)Cc2c[nH]c3ccccc23)cc1. The van der Waals surface area contributed by atoms with Crippen LogP contribution in [-0.4, -0.2) is 31.2 Å². The third kappa shape index (κ3) is 3.87. The highest BCUT2D eigenvalue weighted by molar-refractivity contribution is 5.88. The molecule has 0 aliphatic carbocycles. The topological polar surface area (TPSA) is 63.4 Å². The number of ether oxygens (including phenoxy) is 2. The fourth-order valence-corrected chi connectivity index (χ4v) is 2.54. The Labute approximate surface area is 140 Å². The second-order valence-electron chi connectivity index (χ2n) is 5.41. The highest BCUT2D eigenvalue weighted by Gasteiger charge is 2.08. The van der Waals surface area contributed by atoms with E-state index in [9.17, 15) is 4.79 Å². The van der Waals surface area contributed by atoms with E-state index in [0.717, 1.165) is 28.0 Å². The maximum absolute atomic E-state index is 12.1. The summed E-state index contributed by atoms with van der Waals surface area (Å²) in [5, 5.41) is 3.96. The lowest BCUT2D eigenvalue weighted by molar-refractivity contribution is -0.120. The van der Waals surface area contributed by atoms with Crippen molar-refractivity contribution in [2.75, 3.05) is 20.3 Å². The highest BCUT2D eigenvalue weighted by Crippen LogP contribution is 2.18. The Kier molecular flexibility index (Phi) is 5.01. The number of hydrogen-bond donors (Lipinski definition) is 2. The highest BCUT2D eigenvalue weighted by atomic mass is 16.5. The molecule has 2 aromatic carbocycles. The molecule has 0 atom stereocenters. The summed E-state index contributed by atoms with van der Waals surface area (Å²) < 4.78 is 10.7. The molecule has 0 radical (unpaired) electrons. The van der Waals surface area contributed by atoms with Crippen molar-refractivity contribution in [2.45, 2.75) is 6.42 Å². The number of nitrogens with one attached hydrogen (secondary N) is 2. The van der Waals surface area contributed by atoms with Gasteiger partial charge in [-0.3, -0.25) is 4.79 Å². The van der Waals surface area contributed by atoms with E-state index < -0.39 is 0 Å². The van der Waals surface area contributed by atoms with Crippen molar-refractivity contribution in [3.8, 4) is 11.5 Å². The van der Waals surface area contributed by atoms with Crippen LogP contribution in [0.15, 0.2) is 54.7 Å². The van der Waals surface area contributed by atoms with Gasteiger partial charge >= 0.3 is 0 Å². The number of rotatable bonds is 7. The van der Waals surface area contributed by atoms with Gasteiger partial charge in [0.25, 0.3) is 0 Å². The number of carbonyl (C=O) groups is 1. The quantitative estimate of drug-likeness (QED) is 0.657. The fraction of sp³-hybridized carbons (Fsp3) is 0.211. The molecule has 1 amide bonds. The number of H-pyrrole nitrogens is 1. The summed E-state index contributed by atoms with van der Waals surface area (Å²) in [6.07, 6.45) is 2.24.